The Bertz CT molecular complexity index is 459. The summed E-state index contributed by atoms with van der Waals surface area (Å²) < 4.78 is 1.85. The lowest BCUT2D eigenvalue weighted by Gasteiger charge is -2.05. The molecule has 0 spiro atoms. The molecule has 1 aromatic heterocycles. The van der Waals surface area contributed by atoms with Gasteiger partial charge in [-0.05, 0) is 19.1 Å². The normalized spacial score (nSPS) is 10.4. The summed E-state index contributed by atoms with van der Waals surface area (Å²) in [5.41, 5.74) is 8.70. The summed E-state index contributed by atoms with van der Waals surface area (Å²) in [4.78, 5) is 0. The molecule has 2 aromatic rings. The zero-order valence-corrected chi connectivity index (χ0v) is 8.23. The summed E-state index contributed by atoms with van der Waals surface area (Å²) in [6, 6.07) is 5.88. The van der Waals surface area contributed by atoms with Crippen LogP contribution in [-0.4, -0.2) is 14.8 Å². The lowest BCUT2D eigenvalue weighted by atomic mass is 10.1. The Morgan fingerprint density at radius 3 is 2.79 bits per heavy atom. The van der Waals surface area contributed by atoms with E-state index >= 15 is 0 Å². The fourth-order valence-corrected chi connectivity index (χ4v) is 1.39. The zero-order chi connectivity index (χ0) is 10.1. The maximum absolute atomic E-state index is 5.87. The van der Waals surface area contributed by atoms with Crippen LogP contribution < -0.4 is 5.73 Å². The van der Waals surface area contributed by atoms with E-state index < -0.39 is 0 Å². The van der Waals surface area contributed by atoms with Crippen molar-refractivity contribution in [2.24, 2.45) is 7.05 Å². The molecule has 2 rings (SSSR count). The van der Waals surface area contributed by atoms with Crippen LogP contribution in [0.1, 0.15) is 5.56 Å². The topological polar surface area (TPSA) is 56.7 Å². The highest BCUT2D eigenvalue weighted by atomic mass is 15.2. The van der Waals surface area contributed by atoms with Gasteiger partial charge in [-0.15, -0.1) is 10.2 Å². The van der Waals surface area contributed by atoms with Crippen molar-refractivity contribution in [2.45, 2.75) is 6.92 Å². The van der Waals surface area contributed by atoms with Crippen molar-refractivity contribution >= 4 is 5.69 Å². The van der Waals surface area contributed by atoms with Crippen LogP contribution in [0.25, 0.3) is 11.4 Å². The van der Waals surface area contributed by atoms with Gasteiger partial charge in [0.15, 0.2) is 5.82 Å². The second-order valence-electron chi connectivity index (χ2n) is 3.36. The Hall–Kier alpha value is -1.84. The van der Waals surface area contributed by atoms with Crippen molar-refractivity contribution < 1.29 is 0 Å². The number of nitrogens with two attached hydrogens (primary N) is 1. The minimum Gasteiger partial charge on any atom is -0.398 e. The molecule has 72 valence electrons. The Morgan fingerprint density at radius 2 is 2.14 bits per heavy atom. The molecule has 14 heavy (non-hydrogen) atoms. The minimum atomic E-state index is 0.728. The molecule has 0 atom stereocenters. The Kier molecular flexibility index (Phi) is 1.96. The molecule has 0 bridgehead atoms. The zero-order valence-electron chi connectivity index (χ0n) is 8.23. The monoisotopic (exact) mass is 188 g/mol. The van der Waals surface area contributed by atoms with E-state index in [4.69, 9.17) is 5.73 Å². The molecule has 0 amide bonds. The van der Waals surface area contributed by atoms with Crippen LogP contribution in [0.4, 0.5) is 5.69 Å². The first-order valence-electron chi connectivity index (χ1n) is 4.39. The van der Waals surface area contributed by atoms with Crippen molar-refractivity contribution in [3.05, 3.63) is 30.1 Å². The van der Waals surface area contributed by atoms with E-state index in [1.54, 1.807) is 6.33 Å². The number of aromatic nitrogens is 3. The molecule has 0 saturated heterocycles. The molecule has 1 aromatic carbocycles. The molecule has 0 aliphatic carbocycles. The van der Waals surface area contributed by atoms with E-state index in [1.807, 2.05) is 36.7 Å². The van der Waals surface area contributed by atoms with E-state index in [1.165, 1.54) is 0 Å². The fourth-order valence-electron chi connectivity index (χ4n) is 1.39. The quantitative estimate of drug-likeness (QED) is 0.688. The second-order valence-corrected chi connectivity index (χ2v) is 3.36. The predicted octanol–water partition coefficient (Wildman–Crippen LogP) is 1.37. The summed E-state index contributed by atoms with van der Waals surface area (Å²) in [7, 11) is 1.90. The number of anilines is 1. The molecule has 1 heterocycles. The summed E-state index contributed by atoms with van der Waals surface area (Å²) >= 11 is 0. The Labute approximate surface area is 82.4 Å². The third kappa shape index (κ3) is 1.35. The average molecular weight is 188 g/mol. The van der Waals surface area contributed by atoms with Crippen LogP contribution in [0, 0.1) is 6.92 Å². The molecule has 4 nitrogen and oxygen atoms in total. The predicted molar refractivity (Wildman–Crippen MR) is 55.6 cm³/mol. The maximum atomic E-state index is 5.87. The Balaban J connectivity index is 2.62. The molecule has 0 aliphatic rings. The number of hydrogen-bond donors (Lipinski definition) is 1. The van der Waals surface area contributed by atoms with Crippen molar-refractivity contribution in [1.29, 1.82) is 0 Å². The molecule has 0 radical (unpaired) electrons. The first-order valence-corrected chi connectivity index (χ1v) is 4.39. The molecular weight excluding hydrogens is 176 g/mol. The van der Waals surface area contributed by atoms with Crippen LogP contribution in [0.15, 0.2) is 24.5 Å². The summed E-state index contributed by atoms with van der Waals surface area (Å²) in [6.07, 6.45) is 1.66. The molecular formula is C10H12N4. The van der Waals surface area contributed by atoms with Crippen molar-refractivity contribution in [1.82, 2.24) is 14.8 Å². The van der Waals surface area contributed by atoms with Gasteiger partial charge in [-0.1, -0.05) is 11.6 Å². The van der Waals surface area contributed by atoms with Crippen molar-refractivity contribution in [3.63, 3.8) is 0 Å². The van der Waals surface area contributed by atoms with Gasteiger partial charge in [0.25, 0.3) is 0 Å². The number of nitrogen functional groups attached to an aromatic ring is 1. The lowest BCUT2D eigenvalue weighted by molar-refractivity contribution is 0.920. The highest BCUT2D eigenvalue weighted by Gasteiger charge is 2.07. The molecule has 2 N–H and O–H groups in total. The number of nitrogens with zero attached hydrogens (tertiary/aromatic N) is 3. The number of rotatable bonds is 1. The van der Waals surface area contributed by atoms with E-state index in [0.29, 0.717) is 0 Å². The third-order valence-electron chi connectivity index (χ3n) is 2.16. The van der Waals surface area contributed by atoms with Gasteiger partial charge in [0, 0.05) is 18.3 Å². The van der Waals surface area contributed by atoms with E-state index in [-0.39, 0.29) is 0 Å². The largest absolute Gasteiger partial charge is 0.398 e. The van der Waals surface area contributed by atoms with Gasteiger partial charge in [-0.25, -0.2) is 0 Å². The van der Waals surface area contributed by atoms with E-state index in [2.05, 4.69) is 10.2 Å². The van der Waals surface area contributed by atoms with Crippen molar-refractivity contribution in [2.75, 3.05) is 5.73 Å². The number of benzene rings is 1. The smallest absolute Gasteiger partial charge is 0.165 e. The lowest BCUT2D eigenvalue weighted by Crippen LogP contribution is -1.96. The molecule has 4 heteroatoms. The maximum Gasteiger partial charge on any atom is 0.165 e. The first-order chi connectivity index (χ1) is 6.68. The SMILES string of the molecule is Cc1ccc(N)c(-c2nncn2C)c1. The van der Waals surface area contributed by atoms with Gasteiger partial charge in [0.1, 0.15) is 6.33 Å². The number of aryl methyl sites for hydroxylation is 2. The van der Waals surface area contributed by atoms with Gasteiger partial charge >= 0.3 is 0 Å². The van der Waals surface area contributed by atoms with Crippen LogP contribution in [0.3, 0.4) is 0 Å². The highest BCUT2D eigenvalue weighted by molar-refractivity contribution is 5.72. The van der Waals surface area contributed by atoms with Crippen molar-refractivity contribution in [3.8, 4) is 11.4 Å². The van der Waals surface area contributed by atoms with Gasteiger partial charge in [0.05, 0.1) is 0 Å². The summed E-state index contributed by atoms with van der Waals surface area (Å²) in [6.45, 7) is 2.03. The summed E-state index contributed by atoms with van der Waals surface area (Å²) in [5, 5.41) is 7.85. The van der Waals surface area contributed by atoms with Crippen LogP contribution >= 0.6 is 0 Å². The van der Waals surface area contributed by atoms with Crippen LogP contribution in [-0.2, 0) is 7.05 Å². The highest BCUT2D eigenvalue weighted by Crippen LogP contribution is 2.24. The van der Waals surface area contributed by atoms with Gasteiger partial charge in [-0.2, -0.15) is 0 Å². The van der Waals surface area contributed by atoms with Gasteiger partial charge in [-0.3, -0.25) is 0 Å². The summed E-state index contributed by atoms with van der Waals surface area (Å²) in [5.74, 6) is 0.797. The Morgan fingerprint density at radius 1 is 1.36 bits per heavy atom. The fraction of sp³-hybridized carbons (Fsp3) is 0.200. The first kappa shape index (κ1) is 8.74. The molecule has 0 aliphatic heterocycles. The standard InChI is InChI=1S/C10H12N4/c1-7-3-4-9(11)8(5-7)10-13-12-6-14(10)2/h3-6H,11H2,1-2H3. The molecule has 0 fully saturated rings. The third-order valence-corrected chi connectivity index (χ3v) is 2.16. The van der Waals surface area contributed by atoms with E-state index in [0.717, 1.165) is 22.6 Å². The minimum absolute atomic E-state index is 0.728. The molecule has 0 unspecified atom stereocenters. The van der Waals surface area contributed by atoms with Gasteiger partial charge < -0.3 is 10.3 Å². The van der Waals surface area contributed by atoms with E-state index in [9.17, 15) is 0 Å². The average Bonchev–Trinajstić information content (AvgIpc) is 2.56. The van der Waals surface area contributed by atoms with Crippen LogP contribution in [0.5, 0.6) is 0 Å². The molecule has 0 saturated carbocycles. The second kappa shape index (κ2) is 3.14. The number of hydrogen-bond acceptors (Lipinski definition) is 3. The van der Waals surface area contributed by atoms with Gasteiger partial charge in [0.2, 0.25) is 0 Å². The van der Waals surface area contributed by atoms with Crippen LogP contribution in [0.2, 0.25) is 0 Å².